The number of carbonyl (C=O) groups is 1. The van der Waals surface area contributed by atoms with Crippen molar-refractivity contribution < 1.29 is 9.32 Å². The highest BCUT2D eigenvalue weighted by atomic mass is 32.1. The summed E-state index contributed by atoms with van der Waals surface area (Å²) in [7, 11) is 0. The van der Waals surface area contributed by atoms with Crippen LogP contribution in [-0.2, 0) is 11.2 Å². The van der Waals surface area contributed by atoms with Gasteiger partial charge in [0.2, 0.25) is 17.6 Å². The third-order valence-electron chi connectivity index (χ3n) is 4.74. The predicted octanol–water partition coefficient (Wildman–Crippen LogP) is 3.80. The maximum atomic E-state index is 12.7. The predicted molar refractivity (Wildman–Crippen MR) is 98.6 cm³/mol. The smallest absolute Gasteiger partial charge is 0.249 e. The first-order valence-electron chi connectivity index (χ1n) is 8.80. The summed E-state index contributed by atoms with van der Waals surface area (Å²) in [5.74, 6) is 1.24. The highest BCUT2D eigenvalue weighted by Gasteiger charge is 2.33. The molecule has 7 heteroatoms. The summed E-state index contributed by atoms with van der Waals surface area (Å²) in [4.78, 5) is 24.6. The minimum Gasteiger partial charge on any atom is -0.337 e. The van der Waals surface area contributed by atoms with E-state index in [9.17, 15) is 4.79 Å². The Bertz CT molecular complexity index is 890. The second-order valence-electron chi connectivity index (χ2n) is 6.43. The number of amides is 1. The number of hydrogen-bond donors (Lipinski definition) is 0. The van der Waals surface area contributed by atoms with Gasteiger partial charge in [-0.05, 0) is 26.2 Å². The number of carbonyl (C=O) groups excluding carboxylic acids is 1. The molecule has 6 nitrogen and oxygen atoms in total. The van der Waals surface area contributed by atoms with Crippen LogP contribution in [0.2, 0.25) is 0 Å². The molecule has 0 spiro atoms. The fourth-order valence-corrected chi connectivity index (χ4v) is 4.11. The van der Waals surface area contributed by atoms with Crippen molar-refractivity contribution in [3.8, 4) is 11.4 Å². The Balaban J connectivity index is 1.45. The van der Waals surface area contributed by atoms with E-state index in [2.05, 4.69) is 15.1 Å². The highest BCUT2D eigenvalue weighted by Crippen LogP contribution is 2.32. The van der Waals surface area contributed by atoms with Gasteiger partial charge in [-0.15, -0.1) is 11.3 Å². The molecule has 4 rings (SSSR count). The van der Waals surface area contributed by atoms with E-state index in [0.29, 0.717) is 18.1 Å². The van der Waals surface area contributed by atoms with Gasteiger partial charge in [-0.2, -0.15) is 4.98 Å². The molecular weight excluding hydrogens is 348 g/mol. The average molecular weight is 368 g/mol. The van der Waals surface area contributed by atoms with Crippen LogP contribution in [0, 0.1) is 6.92 Å². The monoisotopic (exact) mass is 368 g/mol. The van der Waals surface area contributed by atoms with Gasteiger partial charge in [-0.25, -0.2) is 4.98 Å². The van der Waals surface area contributed by atoms with E-state index >= 15 is 0 Å². The lowest BCUT2D eigenvalue weighted by Crippen LogP contribution is -2.30. The van der Waals surface area contributed by atoms with Crippen LogP contribution >= 0.6 is 11.3 Å². The molecule has 3 heterocycles. The maximum Gasteiger partial charge on any atom is 0.249 e. The van der Waals surface area contributed by atoms with Gasteiger partial charge in [-0.3, -0.25) is 4.79 Å². The van der Waals surface area contributed by atoms with Crippen molar-refractivity contribution in [1.29, 1.82) is 0 Å². The van der Waals surface area contributed by atoms with Crippen molar-refractivity contribution in [2.45, 2.75) is 38.6 Å². The number of benzene rings is 1. The van der Waals surface area contributed by atoms with Crippen molar-refractivity contribution in [3.05, 3.63) is 52.3 Å². The van der Waals surface area contributed by atoms with Crippen molar-refractivity contribution in [2.24, 2.45) is 0 Å². The minimum absolute atomic E-state index is 0.116. The third kappa shape index (κ3) is 3.39. The van der Waals surface area contributed by atoms with Crippen LogP contribution in [0.5, 0.6) is 0 Å². The molecule has 0 aliphatic carbocycles. The van der Waals surface area contributed by atoms with Gasteiger partial charge < -0.3 is 9.42 Å². The molecule has 0 N–H and O–H groups in total. The lowest BCUT2D eigenvalue weighted by atomic mass is 10.2. The van der Waals surface area contributed by atoms with E-state index < -0.39 is 0 Å². The summed E-state index contributed by atoms with van der Waals surface area (Å²) in [5.41, 5.74) is 3.77. The summed E-state index contributed by atoms with van der Waals surface area (Å²) >= 11 is 1.61. The first-order valence-corrected chi connectivity index (χ1v) is 9.68. The van der Waals surface area contributed by atoms with E-state index in [0.717, 1.165) is 37.1 Å². The van der Waals surface area contributed by atoms with Gasteiger partial charge in [0.1, 0.15) is 6.04 Å². The molecule has 1 aliphatic rings. The zero-order chi connectivity index (χ0) is 17.9. The quantitative estimate of drug-likeness (QED) is 0.685. The second kappa shape index (κ2) is 7.37. The number of nitrogens with zero attached hydrogens (tertiary/aromatic N) is 4. The molecule has 0 saturated carbocycles. The zero-order valence-corrected chi connectivity index (χ0v) is 15.4. The van der Waals surface area contributed by atoms with E-state index in [1.165, 1.54) is 4.88 Å². The number of aryl methyl sites for hydroxylation is 2. The summed E-state index contributed by atoms with van der Waals surface area (Å²) in [6, 6.07) is 9.62. The Kier molecular flexibility index (Phi) is 4.79. The Morgan fingerprint density at radius 3 is 2.96 bits per heavy atom. The SMILES string of the molecule is Cc1ncsc1CCC(=O)N1CCCC1c1nc(-c2ccccc2)no1. The molecule has 0 radical (unpaired) electrons. The molecule has 1 saturated heterocycles. The summed E-state index contributed by atoms with van der Waals surface area (Å²) < 4.78 is 5.49. The van der Waals surface area contributed by atoms with Crippen LogP contribution in [0.4, 0.5) is 0 Å². The molecule has 1 fully saturated rings. The minimum atomic E-state index is -0.116. The van der Waals surface area contributed by atoms with E-state index in [1.54, 1.807) is 11.3 Å². The average Bonchev–Trinajstić information content (AvgIpc) is 3.40. The first kappa shape index (κ1) is 16.9. The largest absolute Gasteiger partial charge is 0.337 e. The van der Waals surface area contributed by atoms with E-state index in [4.69, 9.17) is 4.52 Å². The molecular formula is C19H20N4O2S. The van der Waals surface area contributed by atoms with Crippen LogP contribution in [0.25, 0.3) is 11.4 Å². The van der Waals surface area contributed by atoms with Crippen LogP contribution in [0.15, 0.2) is 40.4 Å². The van der Waals surface area contributed by atoms with Gasteiger partial charge in [0.15, 0.2) is 0 Å². The molecule has 1 amide bonds. The Morgan fingerprint density at radius 1 is 1.35 bits per heavy atom. The van der Waals surface area contributed by atoms with Crippen LogP contribution in [0.1, 0.15) is 41.8 Å². The highest BCUT2D eigenvalue weighted by molar-refractivity contribution is 7.09. The second-order valence-corrected chi connectivity index (χ2v) is 7.37. The first-order chi connectivity index (χ1) is 12.7. The summed E-state index contributed by atoms with van der Waals surface area (Å²) in [6.07, 6.45) is 3.04. The van der Waals surface area contributed by atoms with Gasteiger partial charge >= 0.3 is 0 Å². The zero-order valence-electron chi connectivity index (χ0n) is 14.6. The fraction of sp³-hybridized carbons (Fsp3) is 0.368. The topological polar surface area (TPSA) is 72.1 Å². The van der Waals surface area contributed by atoms with Gasteiger partial charge in [0, 0.05) is 23.4 Å². The van der Waals surface area contributed by atoms with E-state index in [-0.39, 0.29) is 11.9 Å². The summed E-state index contributed by atoms with van der Waals surface area (Å²) in [6.45, 7) is 2.73. The van der Waals surface area contributed by atoms with E-state index in [1.807, 2.05) is 47.7 Å². The maximum absolute atomic E-state index is 12.7. The normalized spacial score (nSPS) is 17.0. The van der Waals surface area contributed by atoms with Crippen LogP contribution < -0.4 is 0 Å². The van der Waals surface area contributed by atoms with Crippen molar-refractivity contribution in [1.82, 2.24) is 20.0 Å². The van der Waals surface area contributed by atoms with Crippen LogP contribution in [0.3, 0.4) is 0 Å². The number of thiazole rings is 1. The number of likely N-dealkylation sites (tertiary alicyclic amines) is 1. The Morgan fingerprint density at radius 2 is 2.19 bits per heavy atom. The molecule has 1 aromatic carbocycles. The number of aromatic nitrogens is 3. The van der Waals surface area contributed by atoms with Gasteiger partial charge in [-0.1, -0.05) is 35.5 Å². The fourth-order valence-electron chi connectivity index (χ4n) is 3.33. The van der Waals surface area contributed by atoms with Crippen molar-refractivity contribution in [2.75, 3.05) is 6.54 Å². The Labute approximate surface area is 155 Å². The van der Waals surface area contributed by atoms with Crippen molar-refractivity contribution >= 4 is 17.2 Å². The lowest BCUT2D eigenvalue weighted by molar-refractivity contribution is -0.132. The summed E-state index contributed by atoms with van der Waals surface area (Å²) in [5, 5.41) is 4.09. The van der Waals surface area contributed by atoms with Crippen LogP contribution in [-0.4, -0.2) is 32.5 Å². The van der Waals surface area contributed by atoms with Crippen molar-refractivity contribution in [3.63, 3.8) is 0 Å². The number of rotatable bonds is 5. The lowest BCUT2D eigenvalue weighted by Gasteiger charge is -2.21. The molecule has 1 unspecified atom stereocenters. The van der Waals surface area contributed by atoms with Gasteiger partial charge in [0.05, 0.1) is 11.2 Å². The molecule has 3 aromatic rings. The molecule has 1 aliphatic heterocycles. The third-order valence-corrected chi connectivity index (χ3v) is 5.74. The Hall–Kier alpha value is -2.54. The molecule has 1 atom stereocenters. The standard InChI is InChI=1S/C19H20N4O2S/c1-13-16(26-12-20-13)9-10-17(24)23-11-5-8-15(23)19-21-18(22-25-19)14-6-3-2-4-7-14/h2-4,6-7,12,15H,5,8-11H2,1H3. The van der Waals surface area contributed by atoms with Gasteiger partial charge in [0.25, 0.3) is 0 Å². The molecule has 0 bridgehead atoms. The molecule has 134 valence electrons. The molecule has 2 aromatic heterocycles. The molecule has 26 heavy (non-hydrogen) atoms. The number of hydrogen-bond acceptors (Lipinski definition) is 6.